The van der Waals surface area contributed by atoms with E-state index in [0.717, 1.165) is 45.0 Å². The Hall–Kier alpha value is -1.50. The van der Waals surface area contributed by atoms with Gasteiger partial charge in [0.1, 0.15) is 5.60 Å². The molecular formula is C21H40N4O3. The van der Waals surface area contributed by atoms with Gasteiger partial charge in [-0.05, 0) is 65.2 Å². The average Bonchev–Trinajstić information content (AvgIpc) is 3.46. The van der Waals surface area contributed by atoms with Crippen molar-refractivity contribution in [2.75, 3.05) is 39.3 Å². The summed E-state index contributed by atoms with van der Waals surface area (Å²) < 4.78 is 5.69. The van der Waals surface area contributed by atoms with Crippen LogP contribution in [0, 0.1) is 11.8 Å². The first-order valence-electron chi connectivity index (χ1n) is 10.9. The van der Waals surface area contributed by atoms with Crippen molar-refractivity contribution in [1.29, 1.82) is 0 Å². The monoisotopic (exact) mass is 396 g/mol. The van der Waals surface area contributed by atoms with Crippen molar-refractivity contribution in [2.24, 2.45) is 16.8 Å². The summed E-state index contributed by atoms with van der Waals surface area (Å²) in [4.78, 5) is 21.7. The van der Waals surface area contributed by atoms with Crippen molar-refractivity contribution in [3.8, 4) is 0 Å². The number of carbonyl (C=O) groups is 1. The number of hydrogen-bond acceptors (Lipinski definition) is 4. The quantitative estimate of drug-likeness (QED) is 0.511. The third kappa shape index (κ3) is 7.49. The van der Waals surface area contributed by atoms with Gasteiger partial charge in [-0.15, -0.1) is 0 Å². The van der Waals surface area contributed by atoms with E-state index in [0.29, 0.717) is 12.5 Å². The van der Waals surface area contributed by atoms with E-state index in [1.54, 1.807) is 0 Å². The highest BCUT2D eigenvalue weighted by Gasteiger charge is 2.35. The smallest absolute Gasteiger partial charge is 0.410 e. The fraction of sp³-hybridized carbons (Fsp3) is 0.905. The zero-order chi connectivity index (χ0) is 20.7. The van der Waals surface area contributed by atoms with Crippen LogP contribution in [0.4, 0.5) is 4.79 Å². The summed E-state index contributed by atoms with van der Waals surface area (Å²) in [5, 5.41) is 12.6. The first-order chi connectivity index (χ1) is 13.2. The zero-order valence-corrected chi connectivity index (χ0v) is 18.4. The molecule has 1 heterocycles. The van der Waals surface area contributed by atoms with Crippen molar-refractivity contribution < 1.29 is 14.6 Å². The van der Waals surface area contributed by atoms with Crippen LogP contribution in [0.25, 0.3) is 0 Å². The minimum atomic E-state index is -0.464. The lowest BCUT2D eigenvalue weighted by atomic mass is 10.0. The molecule has 0 aromatic carbocycles. The van der Waals surface area contributed by atoms with Crippen LogP contribution in [0.1, 0.15) is 60.3 Å². The minimum Gasteiger partial charge on any atom is -0.444 e. The Labute approximate surface area is 170 Å². The molecule has 2 fully saturated rings. The van der Waals surface area contributed by atoms with Gasteiger partial charge in [0.25, 0.3) is 0 Å². The first kappa shape index (κ1) is 22.8. The number of guanidine groups is 1. The van der Waals surface area contributed by atoms with E-state index in [1.807, 2.05) is 32.6 Å². The highest BCUT2D eigenvalue weighted by atomic mass is 16.6. The Morgan fingerprint density at radius 2 is 1.93 bits per heavy atom. The second-order valence-corrected chi connectivity index (χ2v) is 9.28. The number of carbonyl (C=O) groups excluding carboxylic acids is 1. The lowest BCUT2D eigenvalue weighted by Crippen LogP contribution is -2.52. The maximum absolute atomic E-state index is 12.8. The fourth-order valence-electron chi connectivity index (χ4n) is 3.39. The van der Waals surface area contributed by atoms with Gasteiger partial charge in [0.05, 0.1) is 0 Å². The van der Waals surface area contributed by atoms with Crippen LogP contribution in [0.3, 0.4) is 0 Å². The molecule has 2 N–H and O–H groups in total. The molecule has 0 aromatic heterocycles. The van der Waals surface area contributed by atoms with Crippen molar-refractivity contribution in [3.63, 3.8) is 0 Å². The molecular weight excluding hydrogens is 356 g/mol. The highest BCUT2D eigenvalue weighted by molar-refractivity contribution is 5.80. The van der Waals surface area contributed by atoms with Crippen molar-refractivity contribution in [1.82, 2.24) is 15.1 Å². The molecule has 1 atom stereocenters. The molecule has 1 amide bonds. The molecule has 0 bridgehead atoms. The summed E-state index contributed by atoms with van der Waals surface area (Å²) in [7, 11) is 0. The number of piperidine rings is 1. The van der Waals surface area contributed by atoms with Gasteiger partial charge in [0, 0.05) is 45.4 Å². The topological polar surface area (TPSA) is 77.4 Å². The van der Waals surface area contributed by atoms with Gasteiger partial charge in [0.15, 0.2) is 5.96 Å². The molecule has 1 aliphatic carbocycles. The molecule has 1 saturated carbocycles. The standard InChI is InChI=1S/C21H40N4O3/c1-6-22-19(23-13-16(2)15-26)24-11-9-18(10-12-24)25(14-17-7-8-17)20(27)28-21(3,4)5/h16-18,26H,6-15H2,1-5H3,(H,22,23). The maximum atomic E-state index is 12.8. The zero-order valence-electron chi connectivity index (χ0n) is 18.4. The number of aliphatic hydroxyl groups is 1. The van der Waals surface area contributed by atoms with Crippen LogP contribution in [0.5, 0.6) is 0 Å². The SMILES string of the molecule is CCNC(=NCC(C)CO)N1CCC(N(CC2CC2)C(=O)OC(C)(C)C)CC1. The Bertz CT molecular complexity index is 520. The third-order valence-electron chi connectivity index (χ3n) is 5.18. The Morgan fingerprint density at radius 1 is 1.29 bits per heavy atom. The predicted octanol–water partition coefficient (Wildman–Crippen LogP) is 2.69. The summed E-state index contributed by atoms with van der Waals surface area (Å²) in [5.74, 6) is 1.71. The van der Waals surface area contributed by atoms with Gasteiger partial charge < -0.3 is 25.0 Å². The third-order valence-corrected chi connectivity index (χ3v) is 5.18. The molecule has 1 aliphatic heterocycles. The van der Waals surface area contributed by atoms with Crippen molar-refractivity contribution in [2.45, 2.75) is 71.9 Å². The molecule has 0 radical (unpaired) electrons. The Balaban J connectivity index is 1.96. The van der Waals surface area contributed by atoms with Crippen LogP contribution in [0.15, 0.2) is 4.99 Å². The highest BCUT2D eigenvalue weighted by Crippen LogP contribution is 2.32. The second kappa shape index (κ2) is 10.3. The molecule has 0 spiro atoms. The predicted molar refractivity (Wildman–Crippen MR) is 112 cm³/mol. The van der Waals surface area contributed by atoms with Crippen LogP contribution in [-0.4, -0.2) is 77.9 Å². The van der Waals surface area contributed by atoms with Crippen molar-refractivity contribution in [3.05, 3.63) is 0 Å². The number of hydrogen-bond donors (Lipinski definition) is 2. The number of aliphatic hydroxyl groups excluding tert-OH is 1. The van der Waals surface area contributed by atoms with Crippen LogP contribution in [-0.2, 0) is 4.74 Å². The Kier molecular flexibility index (Phi) is 8.40. The van der Waals surface area contributed by atoms with Gasteiger partial charge >= 0.3 is 6.09 Å². The molecule has 1 saturated heterocycles. The number of likely N-dealkylation sites (tertiary alicyclic amines) is 1. The molecule has 162 valence electrons. The largest absolute Gasteiger partial charge is 0.444 e. The molecule has 1 unspecified atom stereocenters. The van der Waals surface area contributed by atoms with Gasteiger partial charge in [-0.2, -0.15) is 0 Å². The van der Waals surface area contributed by atoms with Gasteiger partial charge in [-0.25, -0.2) is 4.79 Å². The molecule has 2 rings (SSSR count). The van der Waals surface area contributed by atoms with E-state index in [2.05, 4.69) is 22.1 Å². The van der Waals surface area contributed by atoms with E-state index < -0.39 is 5.60 Å². The lowest BCUT2D eigenvalue weighted by Gasteiger charge is -2.40. The molecule has 0 aromatic rings. The van der Waals surface area contributed by atoms with E-state index >= 15 is 0 Å². The Morgan fingerprint density at radius 3 is 2.43 bits per heavy atom. The number of aliphatic imine (C=N–C) groups is 1. The fourth-order valence-corrected chi connectivity index (χ4v) is 3.39. The number of amides is 1. The molecule has 7 heteroatoms. The second-order valence-electron chi connectivity index (χ2n) is 9.28. The number of nitrogens with one attached hydrogen (secondary N) is 1. The maximum Gasteiger partial charge on any atom is 0.410 e. The van der Waals surface area contributed by atoms with Crippen molar-refractivity contribution >= 4 is 12.1 Å². The van der Waals surface area contributed by atoms with E-state index in [1.165, 1.54) is 12.8 Å². The van der Waals surface area contributed by atoms with E-state index in [-0.39, 0.29) is 24.7 Å². The van der Waals surface area contributed by atoms with Crippen LogP contribution < -0.4 is 5.32 Å². The van der Waals surface area contributed by atoms with Gasteiger partial charge in [-0.1, -0.05) is 6.92 Å². The molecule has 28 heavy (non-hydrogen) atoms. The number of rotatable bonds is 7. The average molecular weight is 397 g/mol. The molecule has 7 nitrogen and oxygen atoms in total. The molecule has 2 aliphatic rings. The summed E-state index contributed by atoms with van der Waals surface area (Å²) in [6.45, 7) is 14.0. The number of ether oxygens (including phenoxy) is 1. The van der Waals surface area contributed by atoms with Gasteiger partial charge in [0.2, 0.25) is 0 Å². The van der Waals surface area contributed by atoms with E-state index in [9.17, 15) is 9.90 Å². The first-order valence-corrected chi connectivity index (χ1v) is 10.9. The summed E-state index contributed by atoms with van der Waals surface area (Å²) in [5.41, 5.74) is -0.464. The van der Waals surface area contributed by atoms with E-state index in [4.69, 9.17) is 4.74 Å². The summed E-state index contributed by atoms with van der Waals surface area (Å²) in [6.07, 6.45) is 4.12. The summed E-state index contributed by atoms with van der Waals surface area (Å²) in [6, 6.07) is 0.228. The van der Waals surface area contributed by atoms with Gasteiger partial charge in [-0.3, -0.25) is 4.99 Å². The summed E-state index contributed by atoms with van der Waals surface area (Å²) >= 11 is 0. The lowest BCUT2D eigenvalue weighted by molar-refractivity contribution is 0.00928. The minimum absolute atomic E-state index is 0.150. The normalized spacial score (nSPS) is 20.1. The van der Waals surface area contributed by atoms with Crippen LogP contribution >= 0.6 is 0 Å². The van der Waals surface area contributed by atoms with Crippen LogP contribution in [0.2, 0.25) is 0 Å². The number of nitrogens with zero attached hydrogens (tertiary/aromatic N) is 3.